The summed E-state index contributed by atoms with van der Waals surface area (Å²) < 4.78 is 0. The van der Waals surface area contributed by atoms with Crippen LogP contribution in [0.15, 0.2) is 30.5 Å². The number of aromatic nitrogens is 1. The fraction of sp³-hybridized carbons (Fsp3) is 0.556. The summed E-state index contributed by atoms with van der Waals surface area (Å²) in [6.07, 6.45) is 10.6. The predicted octanol–water partition coefficient (Wildman–Crippen LogP) is 3.63. The minimum Gasteiger partial charge on any atom is -0.361 e. The van der Waals surface area contributed by atoms with Crippen LogP contribution in [0, 0.1) is 11.3 Å². The standard InChI is InChI=1S/C18H22N2/c1-2-4-16-15(3-1)14(11-19-16)10-18(5-6-18)20-12-17-7-13(8-17)9-17/h1-4,11,13,19-20H,5-10,12H2. The molecule has 2 N–H and O–H groups in total. The summed E-state index contributed by atoms with van der Waals surface area (Å²) >= 11 is 0. The largest absolute Gasteiger partial charge is 0.361 e. The Labute approximate surface area is 120 Å². The number of para-hydroxylation sites is 1. The van der Waals surface area contributed by atoms with Crippen molar-refractivity contribution >= 4 is 10.9 Å². The van der Waals surface area contributed by atoms with Gasteiger partial charge >= 0.3 is 0 Å². The number of nitrogens with one attached hydrogen (secondary N) is 2. The molecule has 4 aliphatic carbocycles. The van der Waals surface area contributed by atoms with Gasteiger partial charge in [-0.25, -0.2) is 0 Å². The first-order valence-corrected chi connectivity index (χ1v) is 8.06. The van der Waals surface area contributed by atoms with E-state index in [9.17, 15) is 0 Å². The third-order valence-electron chi connectivity index (χ3n) is 6.06. The maximum absolute atomic E-state index is 3.94. The summed E-state index contributed by atoms with van der Waals surface area (Å²) in [7, 11) is 0. The highest BCUT2D eigenvalue weighted by molar-refractivity contribution is 5.83. The van der Waals surface area contributed by atoms with E-state index in [4.69, 9.17) is 0 Å². The van der Waals surface area contributed by atoms with Crippen molar-refractivity contribution in [2.45, 2.75) is 44.1 Å². The van der Waals surface area contributed by atoms with Crippen LogP contribution in [0.2, 0.25) is 0 Å². The summed E-state index contributed by atoms with van der Waals surface area (Å²) in [4.78, 5) is 3.41. The van der Waals surface area contributed by atoms with Crippen molar-refractivity contribution in [1.29, 1.82) is 0 Å². The molecule has 2 aromatic rings. The topological polar surface area (TPSA) is 27.8 Å². The molecule has 0 amide bonds. The number of fused-ring (bicyclic) bond motifs is 1. The van der Waals surface area contributed by atoms with Gasteiger partial charge in [0.25, 0.3) is 0 Å². The molecule has 2 nitrogen and oxygen atoms in total. The minimum atomic E-state index is 0.417. The van der Waals surface area contributed by atoms with Crippen molar-refractivity contribution in [3.63, 3.8) is 0 Å². The quantitative estimate of drug-likeness (QED) is 0.849. The van der Waals surface area contributed by atoms with Gasteiger partial charge < -0.3 is 10.3 Å². The molecule has 0 saturated heterocycles. The van der Waals surface area contributed by atoms with Crippen LogP contribution in [0.4, 0.5) is 0 Å². The lowest BCUT2D eigenvalue weighted by molar-refractivity contribution is -0.105. The van der Waals surface area contributed by atoms with Crippen molar-refractivity contribution in [3.8, 4) is 0 Å². The Morgan fingerprint density at radius 2 is 1.95 bits per heavy atom. The van der Waals surface area contributed by atoms with Crippen molar-refractivity contribution in [2.75, 3.05) is 6.54 Å². The Balaban J connectivity index is 1.32. The zero-order valence-corrected chi connectivity index (χ0v) is 11.9. The maximum atomic E-state index is 3.94. The molecule has 1 aromatic heterocycles. The van der Waals surface area contributed by atoms with Crippen LogP contribution in [-0.4, -0.2) is 17.1 Å². The zero-order chi connectivity index (χ0) is 13.2. The van der Waals surface area contributed by atoms with Gasteiger partial charge in [-0.2, -0.15) is 0 Å². The number of hydrogen-bond donors (Lipinski definition) is 2. The van der Waals surface area contributed by atoms with Gasteiger partial charge in [-0.1, -0.05) is 18.2 Å². The van der Waals surface area contributed by atoms with Gasteiger partial charge in [0.1, 0.15) is 0 Å². The molecule has 104 valence electrons. The van der Waals surface area contributed by atoms with Crippen molar-refractivity contribution in [2.24, 2.45) is 11.3 Å². The molecule has 0 atom stereocenters. The second-order valence-electron chi connectivity index (χ2n) is 7.65. The second-order valence-corrected chi connectivity index (χ2v) is 7.65. The predicted molar refractivity (Wildman–Crippen MR) is 81.7 cm³/mol. The number of H-pyrrole nitrogens is 1. The van der Waals surface area contributed by atoms with Crippen molar-refractivity contribution < 1.29 is 0 Å². The van der Waals surface area contributed by atoms with E-state index >= 15 is 0 Å². The van der Waals surface area contributed by atoms with Gasteiger partial charge in [0.05, 0.1) is 0 Å². The number of benzene rings is 1. The van der Waals surface area contributed by atoms with Crippen LogP contribution in [0.1, 0.15) is 37.7 Å². The van der Waals surface area contributed by atoms with Crippen LogP contribution < -0.4 is 5.32 Å². The first-order valence-electron chi connectivity index (χ1n) is 8.06. The Morgan fingerprint density at radius 3 is 2.65 bits per heavy atom. The average Bonchev–Trinajstić information content (AvgIpc) is 3.00. The molecule has 0 spiro atoms. The van der Waals surface area contributed by atoms with Gasteiger partial charge in [-0.15, -0.1) is 0 Å². The van der Waals surface area contributed by atoms with Gasteiger partial charge in [0.15, 0.2) is 0 Å². The van der Waals surface area contributed by atoms with E-state index in [1.165, 1.54) is 61.5 Å². The van der Waals surface area contributed by atoms with E-state index < -0.39 is 0 Å². The smallest absolute Gasteiger partial charge is 0.0456 e. The highest BCUT2D eigenvalue weighted by atomic mass is 15.0. The SMILES string of the molecule is c1ccc2c(CC3(NCC45CC(C4)C5)CC3)c[nH]c2c1. The highest BCUT2D eigenvalue weighted by Crippen LogP contribution is 2.64. The van der Waals surface area contributed by atoms with Gasteiger partial charge in [-0.05, 0) is 61.5 Å². The number of hydrogen-bond acceptors (Lipinski definition) is 1. The molecule has 1 aromatic carbocycles. The van der Waals surface area contributed by atoms with Crippen molar-refractivity contribution in [1.82, 2.24) is 10.3 Å². The molecule has 6 rings (SSSR count). The molecule has 0 aliphatic heterocycles. The van der Waals surface area contributed by atoms with Crippen LogP contribution in [0.25, 0.3) is 10.9 Å². The maximum Gasteiger partial charge on any atom is 0.0456 e. The molecule has 4 saturated carbocycles. The summed E-state index contributed by atoms with van der Waals surface area (Å²) in [5.74, 6) is 1.10. The van der Waals surface area contributed by atoms with Crippen molar-refractivity contribution in [3.05, 3.63) is 36.0 Å². The third-order valence-corrected chi connectivity index (χ3v) is 6.06. The second kappa shape index (κ2) is 3.67. The zero-order valence-electron chi connectivity index (χ0n) is 11.9. The van der Waals surface area contributed by atoms with Gasteiger partial charge in [-0.3, -0.25) is 0 Å². The summed E-state index contributed by atoms with van der Waals surface area (Å²) in [5, 5.41) is 5.35. The highest BCUT2D eigenvalue weighted by Gasteiger charge is 2.57. The molecule has 2 bridgehead atoms. The fourth-order valence-corrected chi connectivity index (χ4v) is 4.46. The molecule has 1 heterocycles. The van der Waals surface area contributed by atoms with E-state index in [-0.39, 0.29) is 0 Å². The summed E-state index contributed by atoms with van der Waals surface area (Å²) in [5.41, 5.74) is 3.90. The monoisotopic (exact) mass is 266 g/mol. The first-order chi connectivity index (χ1) is 9.76. The Hall–Kier alpha value is -1.28. The Bertz CT molecular complexity index is 648. The normalized spacial score (nSPS) is 32.7. The van der Waals surface area contributed by atoms with E-state index in [0.717, 1.165) is 11.3 Å². The number of aromatic amines is 1. The average molecular weight is 266 g/mol. The van der Waals surface area contributed by atoms with Crippen LogP contribution >= 0.6 is 0 Å². The Kier molecular flexibility index (Phi) is 2.09. The van der Waals surface area contributed by atoms with E-state index in [1.54, 1.807) is 0 Å². The summed E-state index contributed by atoms with van der Waals surface area (Å²) in [6.45, 7) is 1.27. The third kappa shape index (κ3) is 1.61. The lowest BCUT2D eigenvalue weighted by atomic mass is 9.44. The van der Waals surface area contributed by atoms with E-state index in [2.05, 4.69) is 40.8 Å². The lowest BCUT2D eigenvalue weighted by Gasteiger charge is -2.62. The number of rotatable bonds is 5. The molecule has 0 unspecified atom stereocenters. The van der Waals surface area contributed by atoms with Gasteiger partial charge in [0, 0.05) is 29.2 Å². The van der Waals surface area contributed by atoms with E-state index in [1.807, 2.05) is 0 Å². The fourth-order valence-electron chi connectivity index (χ4n) is 4.46. The molecule has 4 aliphatic rings. The molecule has 0 radical (unpaired) electrons. The molecule has 2 heteroatoms. The van der Waals surface area contributed by atoms with Gasteiger partial charge in [0.2, 0.25) is 0 Å². The summed E-state index contributed by atoms with van der Waals surface area (Å²) in [6, 6.07) is 8.68. The first kappa shape index (κ1) is 11.4. The molecular formula is C18H22N2. The molecule has 4 fully saturated rings. The van der Waals surface area contributed by atoms with Crippen LogP contribution in [-0.2, 0) is 6.42 Å². The van der Waals surface area contributed by atoms with E-state index in [0.29, 0.717) is 5.54 Å². The van der Waals surface area contributed by atoms with Crippen LogP contribution in [0.5, 0.6) is 0 Å². The van der Waals surface area contributed by atoms with Crippen LogP contribution in [0.3, 0.4) is 0 Å². The molecular weight excluding hydrogens is 244 g/mol. The Morgan fingerprint density at radius 1 is 1.15 bits per heavy atom. The molecule has 20 heavy (non-hydrogen) atoms. The lowest BCUT2D eigenvalue weighted by Crippen LogP contribution is -2.58. The minimum absolute atomic E-state index is 0.417.